The monoisotopic (exact) mass is 286 g/mol. The molecule has 0 aliphatic carbocycles. The largest absolute Gasteiger partial charge is 0.317 e. The van der Waals surface area contributed by atoms with E-state index >= 15 is 0 Å². The molecule has 1 fully saturated rings. The molecule has 1 aliphatic rings. The molecule has 19 heavy (non-hydrogen) atoms. The van der Waals surface area contributed by atoms with Crippen LogP contribution in [0.2, 0.25) is 0 Å². The molecule has 0 atom stereocenters. The fourth-order valence-corrected chi connectivity index (χ4v) is 3.48. The van der Waals surface area contributed by atoms with E-state index in [1.165, 1.54) is 24.3 Å². The van der Waals surface area contributed by atoms with Crippen LogP contribution in [0, 0.1) is 11.7 Å². The zero-order chi connectivity index (χ0) is 13.7. The zero-order valence-electron chi connectivity index (χ0n) is 10.7. The summed E-state index contributed by atoms with van der Waals surface area (Å²) in [6.07, 6.45) is 2.75. The van der Waals surface area contributed by atoms with Crippen molar-refractivity contribution in [1.29, 1.82) is 0 Å². The van der Waals surface area contributed by atoms with E-state index in [4.69, 9.17) is 0 Å². The topological polar surface area (TPSA) is 58.2 Å². The van der Waals surface area contributed by atoms with Crippen molar-refractivity contribution in [2.75, 3.05) is 23.6 Å². The molecule has 2 rings (SSSR count). The van der Waals surface area contributed by atoms with Crippen molar-refractivity contribution in [3.8, 4) is 0 Å². The summed E-state index contributed by atoms with van der Waals surface area (Å²) in [7, 11) is -3.34. The molecule has 4 nitrogen and oxygen atoms in total. The summed E-state index contributed by atoms with van der Waals surface area (Å²) in [4.78, 5) is 0. The van der Waals surface area contributed by atoms with Gasteiger partial charge in [0.05, 0.1) is 5.75 Å². The Morgan fingerprint density at radius 1 is 1.21 bits per heavy atom. The van der Waals surface area contributed by atoms with Gasteiger partial charge in [-0.25, -0.2) is 12.8 Å². The lowest BCUT2D eigenvalue weighted by Crippen LogP contribution is -2.29. The van der Waals surface area contributed by atoms with Crippen LogP contribution in [0.15, 0.2) is 24.3 Å². The number of anilines is 1. The number of rotatable bonds is 5. The van der Waals surface area contributed by atoms with Crippen molar-refractivity contribution in [1.82, 2.24) is 5.32 Å². The van der Waals surface area contributed by atoms with Gasteiger partial charge in [0, 0.05) is 5.69 Å². The summed E-state index contributed by atoms with van der Waals surface area (Å²) in [5, 5.41) is 3.26. The van der Waals surface area contributed by atoms with Crippen LogP contribution >= 0.6 is 0 Å². The average Bonchev–Trinajstić information content (AvgIpc) is 2.40. The number of sulfonamides is 1. The standard InChI is InChI=1S/C13H19FN2O2S/c14-12-1-3-13(4-2-12)16-19(17,18)10-7-11-5-8-15-9-6-11/h1-4,11,15-16H,5-10H2. The zero-order valence-corrected chi connectivity index (χ0v) is 11.5. The van der Waals surface area contributed by atoms with Crippen molar-refractivity contribution < 1.29 is 12.8 Å². The molecule has 2 N–H and O–H groups in total. The quantitative estimate of drug-likeness (QED) is 0.870. The Kier molecular flexibility index (Phi) is 4.76. The molecule has 106 valence electrons. The molecule has 1 aromatic rings. The van der Waals surface area contributed by atoms with Gasteiger partial charge in [-0.15, -0.1) is 0 Å². The number of piperidine rings is 1. The third-order valence-corrected chi connectivity index (χ3v) is 4.69. The SMILES string of the molecule is O=S(=O)(CCC1CCNCC1)Nc1ccc(F)cc1. The van der Waals surface area contributed by atoms with Crippen LogP contribution in [0.5, 0.6) is 0 Å². The van der Waals surface area contributed by atoms with E-state index in [2.05, 4.69) is 10.0 Å². The molecule has 0 radical (unpaired) electrons. The van der Waals surface area contributed by atoms with Crippen LogP contribution in [0.4, 0.5) is 10.1 Å². The van der Waals surface area contributed by atoms with E-state index in [0.717, 1.165) is 25.9 Å². The van der Waals surface area contributed by atoms with Gasteiger partial charge in [0.25, 0.3) is 0 Å². The lowest BCUT2D eigenvalue weighted by atomic mass is 9.96. The minimum atomic E-state index is -3.34. The maximum Gasteiger partial charge on any atom is 0.232 e. The van der Waals surface area contributed by atoms with Gasteiger partial charge in [-0.2, -0.15) is 0 Å². The van der Waals surface area contributed by atoms with Gasteiger partial charge in [-0.05, 0) is 62.5 Å². The predicted octanol–water partition coefficient (Wildman–Crippen LogP) is 1.96. The highest BCUT2D eigenvalue weighted by Crippen LogP contribution is 2.18. The lowest BCUT2D eigenvalue weighted by Gasteiger charge is -2.22. The van der Waals surface area contributed by atoms with E-state index < -0.39 is 10.0 Å². The number of nitrogens with one attached hydrogen (secondary N) is 2. The van der Waals surface area contributed by atoms with E-state index in [9.17, 15) is 12.8 Å². The Morgan fingerprint density at radius 3 is 2.47 bits per heavy atom. The van der Waals surface area contributed by atoms with E-state index in [1.807, 2.05) is 0 Å². The molecule has 1 saturated heterocycles. The van der Waals surface area contributed by atoms with Crippen molar-refractivity contribution >= 4 is 15.7 Å². The fraction of sp³-hybridized carbons (Fsp3) is 0.538. The maximum absolute atomic E-state index is 12.7. The summed E-state index contributed by atoms with van der Waals surface area (Å²) >= 11 is 0. The maximum atomic E-state index is 12.7. The minimum Gasteiger partial charge on any atom is -0.317 e. The number of benzene rings is 1. The number of halogens is 1. The predicted molar refractivity (Wildman–Crippen MR) is 74.0 cm³/mol. The van der Waals surface area contributed by atoms with Crippen LogP contribution < -0.4 is 10.0 Å². The van der Waals surface area contributed by atoms with Crippen molar-refractivity contribution in [3.05, 3.63) is 30.1 Å². The van der Waals surface area contributed by atoms with Crippen LogP contribution in [0.1, 0.15) is 19.3 Å². The molecule has 0 bridgehead atoms. The van der Waals surface area contributed by atoms with E-state index in [0.29, 0.717) is 18.0 Å². The van der Waals surface area contributed by atoms with Gasteiger partial charge in [0.2, 0.25) is 10.0 Å². The average molecular weight is 286 g/mol. The van der Waals surface area contributed by atoms with Crippen LogP contribution in [-0.4, -0.2) is 27.3 Å². The van der Waals surface area contributed by atoms with Gasteiger partial charge in [-0.1, -0.05) is 0 Å². The molecule has 0 spiro atoms. The normalized spacial score (nSPS) is 17.3. The second-order valence-corrected chi connectivity index (χ2v) is 6.75. The molecular formula is C13H19FN2O2S. The molecule has 6 heteroatoms. The summed E-state index contributed by atoms with van der Waals surface area (Å²) in [6.45, 7) is 1.94. The minimum absolute atomic E-state index is 0.120. The number of hydrogen-bond donors (Lipinski definition) is 2. The van der Waals surface area contributed by atoms with Crippen LogP contribution in [-0.2, 0) is 10.0 Å². The summed E-state index contributed by atoms with van der Waals surface area (Å²) in [6, 6.07) is 5.34. The molecular weight excluding hydrogens is 267 g/mol. The second kappa shape index (κ2) is 6.34. The smallest absolute Gasteiger partial charge is 0.232 e. The Balaban J connectivity index is 1.85. The first-order valence-corrected chi connectivity index (χ1v) is 8.17. The molecule has 0 unspecified atom stereocenters. The first-order valence-electron chi connectivity index (χ1n) is 6.52. The molecule has 0 saturated carbocycles. The fourth-order valence-electron chi connectivity index (χ4n) is 2.24. The third kappa shape index (κ3) is 4.80. The lowest BCUT2D eigenvalue weighted by molar-refractivity contribution is 0.365. The van der Waals surface area contributed by atoms with Gasteiger partial charge < -0.3 is 5.32 Å². The van der Waals surface area contributed by atoms with Gasteiger partial charge in [-0.3, -0.25) is 4.72 Å². The van der Waals surface area contributed by atoms with Crippen LogP contribution in [0.3, 0.4) is 0 Å². The molecule has 1 aliphatic heterocycles. The van der Waals surface area contributed by atoms with Gasteiger partial charge in [0.1, 0.15) is 5.82 Å². The Hall–Kier alpha value is -1.14. The first kappa shape index (κ1) is 14.3. The Bertz CT molecular complexity index is 496. The molecule has 1 aromatic carbocycles. The summed E-state index contributed by atoms with van der Waals surface area (Å²) in [5.41, 5.74) is 0.409. The first-order chi connectivity index (χ1) is 9.05. The van der Waals surface area contributed by atoms with Crippen LogP contribution in [0.25, 0.3) is 0 Å². The Morgan fingerprint density at radius 2 is 1.84 bits per heavy atom. The van der Waals surface area contributed by atoms with Crippen molar-refractivity contribution in [2.24, 2.45) is 5.92 Å². The van der Waals surface area contributed by atoms with Crippen molar-refractivity contribution in [2.45, 2.75) is 19.3 Å². The van der Waals surface area contributed by atoms with Gasteiger partial charge in [0.15, 0.2) is 0 Å². The highest BCUT2D eigenvalue weighted by atomic mass is 32.2. The molecule has 0 aromatic heterocycles. The summed E-state index contributed by atoms with van der Waals surface area (Å²) in [5.74, 6) is 0.221. The highest BCUT2D eigenvalue weighted by molar-refractivity contribution is 7.92. The molecule has 1 heterocycles. The third-order valence-electron chi connectivity index (χ3n) is 3.37. The second-order valence-electron chi connectivity index (χ2n) is 4.91. The van der Waals surface area contributed by atoms with E-state index in [-0.39, 0.29) is 11.6 Å². The Labute approximate surface area is 113 Å². The number of hydrogen-bond acceptors (Lipinski definition) is 3. The summed E-state index contributed by atoms with van der Waals surface area (Å²) < 4.78 is 39.0. The van der Waals surface area contributed by atoms with Crippen molar-refractivity contribution in [3.63, 3.8) is 0 Å². The van der Waals surface area contributed by atoms with Gasteiger partial charge >= 0.3 is 0 Å². The molecule has 0 amide bonds. The van der Waals surface area contributed by atoms with E-state index in [1.54, 1.807) is 0 Å². The highest BCUT2D eigenvalue weighted by Gasteiger charge is 2.17.